The molecule has 106 valence electrons. The van der Waals surface area contributed by atoms with Gasteiger partial charge in [0.2, 0.25) is 0 Å². The fourth-order valence-corrected chi connectivity index (χ4v) is 3.72. The highest BCUT2D eigenvalue weighted by atomic mass is 32.1. The molecule has 3 rings (SSSR count). The number of hydrogen-bond donors (Lipinski definition) is 2. The minimum atomic E-state index is -0.0339. The summed E-state index contributed by atoms with van der Waals surface area (Å²) in [6.45, 7) is 0.697. The number of aryl methyl sites for hydroxylation is 3. The Kier molecular flexibility index (Phi) is 4.16. The highest BCUT2D eigenvalue weighted by Gasteiger charge is 2.14. The molecule has 2 N–H and O–H groups in total. The number of carbonyl (C=O) groups is 1. The second-order valence-electron chi connectivity index (χ2n) is 5.13. The minimum Gasteiger partial charge on any atom is -0.357 e. The Morgan fingerprint density at radius 3 is 3.10 bits per heavy atom. The first kappa shape index (κ1) is 13.4. The molecule has 0 fully saturated rings. The maximum absolute atomic E-state index is 11.7. The zero-order chi connectivity index (χ0) is 13.8. The number of hydrogen-bond acceptors (Lipinski definition) is 3. The third-order valence-corrected chi connectivity index (χ3v) is 4.80. The molecule has 0 aliphatic heterocycles. The molecule has 0 saturated heterocycles. The molecular formula is C15H19N3OS. The van der Waals surface area contributed by atoms with Crippen molar-refractivity contribution in [2.45, 2.75) is 38.5 Å². The Morgan fingerprint density at radius 2 is 2.30 bits per heavy atom. The van der Waals surface area contributed by atoms with Gasteiger partial charge in [-0.05, 0) is 44.2 Å². The van der Waals surface area contributed by atoms with Crippen molar-refractivity contribution in [3.8, 4) is 0 Å². The van der Waals surface area contributed by atoms with E-state index in [0.29, 0.717) is 12.2 Å². The van der Waals surface area contributed by atoms with E-state index in [9.17, 15) is 4.79 Å². The topological polar surface area (TPSA) is 57.8 Å². The molecule has 5 heteroatoms. The molecule has 2 aromatic heterocycles. The minimum absolute atomic E-state index is 0.0339. The molecule has 1 amide bonds. The summed E-state index contributed by atoms with van der Waals surface area (Å²) >= 11 is 1.86. The molecule has 0 aromatic carbocycles. The van der Waals surface area contributed by atoms with Crippen molar-refractivity contribution in [3.05, 3.63) is 39.6 Å². The van der Waals surface area contributed by atoms with Crippen LogP contribution in [-0.2, 0) is 19.3 Å². The van der Waals surface area contributed by atoms with Gasteiger partial charge in [-0.15, -0.1) is 11.3 Å². The van der Waals surface area contributed by atoms with Crippen LogP contribution in [0.4, 0.5) is 0 Å². The van der Waals surface area contributed by atoms with E-state index in [0.717, 1.165) is 19.3 Å². The summed E-state index contributed by atoms with van der Waals surface area (Å²) in [6.07, 6.45) is 8.60. The van der Waals surface area contributed by atoms with E-state index in [1.165, 1.54) is 34.8 Å². The van der Waals surface area contributed by atoms with Gasteiger partial charge in [0, 0.05) is 24.0 Å². The van der Waals surface area contributed by atoms with Crippen molar-refractivity contribution in [2.24, 2.45) is 0 Å². The number of carbonyl (C=O) groups excluding carboxylic acids is 1. The van der Waals surface area contributed by atoms with Gasteiger partial charge < -0.3 is 10.3 Å². The number of thiazole rings is 1. The first-order chi connectivity index (χ1) is 9.83. The van der Waals surface area contributed by atoms with Crippen LogP contribution in [0, 0.1) is 0 Å². The van der Waals surface area contributed by atoms with Gasteiger partial charge in [0.15, 0.2) is 0 Å². The fourth-order valence-electron chi connectivity index (χ4n) is 2.52. The molecule has 2 aromatic rings. The van der Waals surface area contributed by atoms with Crippen molar-refractivity contribution in [1.82, 2.24) is 15.3 Å². The number of H-pyrrole nitrogens is 1. The quantitative estimate of drug-likeness (QED) is 0.832. The van der Waals surface area contributed by atoms with Gasteiger partial charge >= 0.3 is 0 Å². The van der Waals surface area contributed by atoms with E-state index in [-0.39, 0.29) is 5.91 Å². The number of rotatable bonds is 5. The van der Waals surface area contributed by atoms with Gasteiger partial charge in [-0.2, -0.15) is 0 Å². The summed E-state index contributed by atoms with van der Waals surface area (Å²) in [5.41, 5.74) is 1.95. The SMILES string of the molecule is O=C(NCCCc1nc2c(s1)CCCC2)c1ccc[nH]1. The zero-order valence-electron chi connectivity index (χ0n) is 11.4. The predicted molar refractivity (Wildman–Crippen MR) is 80.2 cm³/mol. The van der Waals surface area contributed by atoms with Gasteiger partial charge in [-0.3, -0.25) is 4.79 Å². The molecule has 1 aliphatic carbocycles. The largest absolute Gasteiger partial charge is 0.357 e. The number of aromatic amines is 1. The number of nitrogens with zero attached hydrogens (tertiary/aromatic N) is 1. The molecule has 0 bridgehead atoms. The summed E-state index contributed by atoms with van der Waals surface area (Å²) in [5.74, 6) is -0.0339. The standard InChI is InChI=1S/C15H19N3OS/c19-15(12-6-3-9-16-12)17-10-4-8-14-18-11-5-1-2-7-13(11)20-14/h3,6,9,16H,1-2,4-5,7-8,10H2,(H,17,19). The number of fused-ring (bicyclic) bond motifs is 1. The highest BCUT2D eigenvalue weighted by molar-refractivity contribution is 7.11. The van der Waals surface area contributed by atoms with Gasteiger partial charge in [-0.25, -0.2) is 4.98 Å². The van der Waals surface area contributed by atoms with Gasteiger partial charge in [0.05, 0.1) is 10.7 Å². The van der Waals surface area contributed by atoms with Crippen molar-refractivity contribution in [2.75, 3.05) is 6.54 Å². The molecule has 0 atom stereocenters. The Balaban J connectivity index is 1.44. The number of amides is 1. The molecule has 1 aliphatic rings. The smallest absolute Gasteiger partial charge is 0.267 e. The molecule has 4 nitrogen and oxygen atoms in total. The first-order valence-electron chi connectivity index (χ1n) is 7.22. The Morgan fingerprint density at radius 1 is 1.40 bits per heavy atom. The molecule has 20 heavy (non-hydrogen) atoms. The number of aromatic nitrogens is 2. The Bertz CT molecular complexity index is 550. The van der Waals surface area contributed by atoms with Crippen LogP contribution >= 0.6 is 11.3 Å². The van der Waals surface area contributed by atoms with Gasteiger partial charge in [0.25, 0.3) is 5.91 Å². The highest BCUT2D eigenvalue weighted by Crippen LogP contribution is 2.27. The summed E-state index contributed by atoms with van der Waals surface area (Å²) in [5, 5.41) is 4.15. The van der Waals surface area contributed by atoms with E-state index < -0.39 is 0 Å². The Labute approximate surface area is 122 Å². The van der Waals surface area contributed by atoms with E-state index in [2.05, 4.69) is 10.3 Å². The van der Waals surface area contributed by atoms with Crippen LogP contribution in [0.1, 0.15) is 45.3 Å². The van der Waals surface area contributed by atoms with Crippen LogP contribution in [-0.4, -0.2) is 22.4 Å². The monoisotopic (exact) mass is 289 g/mol. The lowest BCUT2D eigenvalue weighted by Gasteiger charge is -2.06. The Hall–Kier alpha value is -1.62. The normalized spacial score (nSPS) is 14.0. The van der Waals surface area contributed by atoms with E-state index in [1.807, 2.05) is 17.4 Å². The maximum atomic E-state index is 11.7. The summed E-state index contributed by atoms with van der Waals surface area (Å²) in [7, 11) is 0. The molecular weight excluding hydrogens is 270 g/mol. The van der Waals surface area contributed by atoms with E-state index in [4.69, 9.17) is 4.98 Å². The van der Waals surface area contributed by atoms with Crippen molar-refractivity contribution >= 4 is 17.2 Å². The second kappa shape index (κ2) is 6.22. The van der Waals surface area contributed by atoms with Crippen LogP contribution in [0.2, 0.25) is 0 Å². The molecule has 2 heterocycles. The molecule has 0 spiro atoms. The van der Waals surface area contributed by atoms with Crippen LogP contribution in [0.25, 0.3) is 0 Å². The fraction of sp³-hybridized carbons (Fsp3) is 0.467. The molecule has 0 unspecified atom stereocenters. The van der Waals surface area contributed by atoms with E-state index >= 15 is 0 Å². The van der Waals surface area contributed by atoms with Crippen molar-refractivity contribution in [3.63, 3.8) is 0 Å². The van der Waals surface area contributed by atoms with Crippen LogP contribution < -0.4 is 5.32 Å². The lowest BCUT2D eigenvalue weighted by Crippen LogP contribution is -2.24. The summed E-state index contributed by atoms with van der Waals surface area (Å²) in [4.78, 5) is 20.8. The zero-order valence-corrected chi connectivity index (χ0v) is 12.3. The van der Waals surface area contributed by atoms with Crippen LogP contribution in [0.5, 0.6) is 0 Å². The van der Waals surface area contributed by atoms with Gasteiger partial charge in [-0.1, -0.05) is 0 Å². The average Bonchev–Trinajstić information content (AvgIpc) is 3.11. The first-order valence-corrected chi connectivity index (χ1v) is 8.03. The van der Waals surface area contributed by atoms with Gasteiger partial charge in [0.1, 0.15) is 5.69 Å². The summed E-state index contributed by atoms with van der Waals surface area (Å²) in [6, 6.07) is 3.61. The number of nitrogens with one attached hydrogen (secondary N) is 2. The van der Waals surface area contributed by atoms with Crippen LogP contribution in [0.3, 0.4) is 0 Å². The van der Waals surface area contributed by atoms with Crippen molar-refractivity contribution in [1.29, 1.82) is 0 Å². The third kappa shape index (κ3) is 3.10. The maximum Gasteiger partial charge on any atom is 0.267 e. The molecule has 0 radical (unpaired) electrons. The average molecular weight is 289 g/mol. The van der Waals surface area contributed by atoms with Crippen LogP contribution in [0.15, 0.2) is 18.3 Å². The third-order valence-electron chi connectivity index (χ3n) is 3.59. The van der Waals surface area contributed by atoms with Crippen molar-refractivity contribution < 1.29 is 4.79 Å². The van der Waals surface area contributed by atoms with E-state index in [1.54, 1.807) is 12.3 Å². The lowest BCUT2D eigenvalue weighted by molar-refractivity contribution is 0.0949. The lowest BCUT2D eigenvalue weighted by atomic mass is 10.0. The summed E-state index contributed by atoms with van der Waals surface area (Å²) < 4.78 is 0. The molecule has 0 saturated carbocycles. The second-order valence-corrected chi connectivity index (χ2v) is 6.30. The predicted octanol–water partition coefficient (Wildman–Crippen LogP) is 2.71.